The quantitative estimate of drug-likeness (QED) is 0.791. The summed E-state index contributed by atoms with van der Waals surface area (Å²) in [4.78, 5) is 28.8. The Morgan fingerprint density at radius 1 is 1.32 bits per heavy atom. The van der Waals surface area contributed by atoms with Crippen molar-refractivity contribution in [1.29, 1.82) is 0 Å². The van der Waals surface area contributed by atoms with Gasteiger partial charge in [0.1, 0.15) is 12.9 Å². The van der Waals surface area contributed by atoms with Crippen LogP contribution in [0.4, 0.5) is 0 Å². The molecule has 3 rings (SSSR count). The van der Waals surface area contributed by atoms with Crippen molar-refractivity contribution in [3.63, 3.8) is 0 Å². The normalized spacial score (nSPS) is 24.4. The summed E-state index contributed by atoms with van der Waals surface area (Å²) in [5.41, 5.74) is 0.0550. The van der Waals surface area contributed by atoms with Crippen molar-refractivity contribution in [2.75, 3.05) is 26.2 Å². The molecule has 0 bridgehead atoms. The van der Waals surface area contributed by atoms with Crippen LogP contribution in [0.2, 0.25) is 0 Å². The van der Waals surface area contributed by atoms with E-state index in [1.54, 1.807) is 0 Å². The topological polar surface area (TPSA) is 84.2 Å². The van der Waals surface area contributed by atoms with Gasteiger partial charge in [-0.15, -0.1) is 5.10 Å². The molecule has 1 aromatic heterocycles. The standard InChI is InChI=1S/C17H28N6O2/c1-14(2)5-9-22-12-17(7-4-15(22)24)6-3-8-21(11-17)16(25)10-23-13-18-19-20-23/h13-14H,3-12H2,1-2H3. The molecule has 2 amide bonds. The highest BCUT2D eigenvalue weighted by Crippen LogP contribution is 2.39. The molecule has 2 fully saturated rings. The average molecular weight is 348 g/mol. The lowest BCUT2D eigenvalue weighted by Gasteiger charge is -2.48. The average Bonchev–Trinajstić information content (AvgIpc) is 3.09. The Kier molecular flexibility index (Phi) is 5.34. The van der Waals surface area contributed by atoms with E-state index < -0.39 is 0 Å². The van der Waals surface area contributed by atoms with Crippen molar-refractivity contribution < 1.29 is 9.59 Å². The molecule has 0 radical (unpaired) electrons. The zero-order chi connectivity index (χ0) is 17.9. The first-order valence-electron chi connectivity index (χ1n) is 9.24. The molecule has 1 unspecified atom stereocenters. The molecule has 1 spiro atoms. The Hall–Kier alpha value is -1.99. The summed E-state index contributed by atoms with van der Waals surface area (Å²) in [6, 6.07) is 0. The van der Waals surface area contributed by atoms with Gasteiger partial charge in [0, 0.05) is 38.0 Å². The maximum atomic E-state index is 12.6. The molecule has 8 heteroatoms. The Morgan fingerprint density at radius 2 is 2.16 bits per heavy atom. The molecule has 0 N–H and O–H groups in total. The highest BCUT2D eigenvalue weighted by molar-refractivity contribution is 5.78. The molecule has 2 aliphatic rings. The number of hydrogen-bond donors (Lipinski definition) is 0. The molecule has 1 aromatic rings. The van der Waals surface area contributed by atoms with Gasteiger partial charge in [-0.3, -0.25) is 9.59 Å². The Labute approximate surface area is 148 Å². The summed E-state index contributed by atoms with van der Waals surface area (Å²) in [5.74, 6) is 0.909. The van der Waals surface area contributed by atoms with Gasteiger partial charge in [-0.1, -0.05) is 13.8 Å². The van der Waals surface area contributed by atoms with E-state index in [-0.39, 0.29) is 23.8 Å². The molecule has 0 aromatic carbocycles. The van der Waals surface area contributed by atoms with Crippen molar-refractivity contribution >= 4 is 11.8 Å². The van der Waals surface area contributed by atoms with Crippen LogP contribution < -0.4 is 0 Å². The molecule has 138 valence electrons. The first-order valence-corrected chi connectivity index (χ1v) is 9.24. The summed E-state index contributed by atoms with van der Waals surface area (Å²) in [6.07, 6.45) is 6.07. The second-order valence-corrected chi connectivity index (χ2v) is 7.92. The third-order valence-corrected chi connectivity index (χ3v) is 5.43. The number of tetrazole rings is 1. The van der Waals surface area contributed by atoms with E-state index >= 15 is 0 Å². The van der Waals surface area contributed by atoms with Gasteiger partial charge in [-0.05, 0) is 42.0 Å². The van der Waals surface area contributed by atoms with Crippen LogP contribution >= 0.6 is 0 Å². The maximum absolute atomic E-state index is 12.6. The molecule has 3 heterocycles. The first kappa shape index (κ1) is 17.8. The van der Waals surface area contributed by atoms with Crippen molar-refractivity contribution in [1.82, 2.24) is 30.0 Å². The SMILES string of the molecule is CC(C)CCN1CC2(CCCN(C(=O)Cn3cnnn3)C2)CCC1=O. The molecular weight excluding hydrogens is 320 g/mol. The smallest absolute Gasteiger partial charge is 0.244 e. The second-order valence-electron chi connectivity index (χ2n) is 7.92. The summed E-state index contributed by atoms with van der Waals surface area (Å²) >= 11 is 0. The number of piperidine rings is 2. The van der Waals surface area contributed by atoms with Crippen LogP contribution in [0.15, 0.2) is 6.33 Å². The number of aromatic nitrogens is 4. The lowest BCUT2D eigenvalue weighted by atomic mass is 9.73. The summed E-state index contributed by atoms with van der Waals surface area (Å²) in [6.45, 7) is 7.68. The van der Waals surface area contributed by atoms with Gasteiger partial charge in [0.15, 0.2) is 0 Å². The minimum absolute atomic E-state index is 0.0528. The van der Waals surface area contributed by atoms with E-state index in [2.05, 4.69) is 29.4 Å². The highest BCUT2D eigenvalue weighted by atomic mass is 16.2. The molecule has 0 aliphatic carbocycles. The lowest BCUT2D eigenvalue weighted by Crippen LogP contribution is -2.55. The van der Waals surface area contributed by atoms with E-state index in [1.807, 2.05) is 9.80 Å². The van der Waals surface area contributed by atoms with Gasteiger partial charge in [-0.2, -0.15) is 0 Å². The van der Waals surface area contributed by atoms with Gasteiger partial charge in [0.2, 0.25) is 11.8 Å². The van der Waals surface area contributed by atoms with E-state index in [9.17, 15) is 9.59 Å². The molecule has 25 heavy (non-hydrogen) atoms. The molecule has 0 saturated carbocycles. The number of carbonyl (C=O) groups is 2. The van der Waals surface area contributed by atoms with E-state index in [1.165, 1.54) is 11.0 Å². The second kappa shape index (κ2) is 7.49. The van der Waals surface area contributed by atoms with Crippen LogP contribution in [-0.4, -0.2) is 68.0 Å². The van der Waals surface area contributed by atoms with Gasteiger partial charge in [-0.25, -0.2) is 4.68 Å². The zero-order valence-electron chi connectivity index (χ0n) is 15.2. The predicted molar refractivity (Wildman–Crippen MR) is 91.3 cm³/mol. The number of rotatable bonds is 5. The minimum Gasteiger partial charge on any atom is -0.342 e. The number of hydrogen-bond acceptors (Lipinski definition) is 5. The number of amides is 2. The van der Waals surface area contributed by atoms with Crippen LogP contribution in [0, 0.1) is 11.3 Å². The fourth-order valence-corrected chi connectivity index (χ4v) is 3.97. The lowest BCUT2D eigenvalue weighted by molar-refractivity contribution is -0.143. The van der Waals surface area contributed by atoms with Gasteiger partial charge >= 0.3 is 0 Å². The largest absolute Gasteiger partial charge is 0.342 e. The van der Waals surface area contributed by atoms with Crippen molar-refractivity contribution in [2.24, 2.45) is 11.3 Å². The fourth-order valence-electron chi connectivity index (χ4n) is 3.97. The van der Waals surface area contributed by atoms with E-state index in [0.717, 1.165) is 51.9 Å². The van der Waals surface area contributed by atoms with Crippen LogP contribution in [0.1, 0.15) is 46.0 Å². The van der Waals surface area contributed by atoms with E-state index in [4.69, 9.17) is 0 Å². The first-order chi connectivity index (χ1) is 12.0. The van der Waals surface area contributed by atoms with E-state index in [0.29, 0.717) is 12.3 Å². The molecular formula is C17H28N6O2. The summed E-state index contributed by atoms with van der Waals surface area (Å²) in [7, 11) is 0. The number of carbonyl (C=O) groups excluding carboxylic acids is 2. The van der Waals surface area contributed by atoms with Gasteiger partial charge in [0.05, 0.1) is 0 Å². The molecule has 8 nitrogen and oxygen atoms in total. The highest BCUT2D eigenvalue weighted by Gasteiger charge is 2.42. The minimum atomic E-state index is 0.0528. The van der Waals surface area contributed by atoms with Gasteiger partial charge in [0.25, 0.3) is 0 Å². The predicted octanol–water partition coefficient (Wildman–Crippen LogP) is 0.950. The number of likely N-dealkylation sites (tertiary alicyclic amines) is 2. The summed E-state index contributed by atoms with van der Waals surface area (Å²) in [5, 5.41) is 10.9. The monoisotopic (exact) mass is 348 g/mol. The third-order valence-electron chi connectivity index (χ3n) is 5.43. The zero-order valence-corrected chi connectivity index (χ0v) is 15.2. The van der Waals surface area contributed by atoms with Gasteiger partial charge < -0.3 is 9.80 Å². The fraction of sp³-hybridized carbons (Fsp3) is 0.824. The molecule has 1 atom stereocenters. The Bertz CT molecular complexity index is 602. The summed E-state index contributed by atoms with van der Waals surface area (Å²) < 4.78 is 1.46. The van der Waals surface area contributed by atoms with Crippen molar-refractivity contribution in [3.05, 3.63) is 6.33 Å². The molecule has 2 saturated heterocycles. The Balaban J connectivity index is 1.62. The third kappa shape index (κ3) is 4.35. The van der Waals surface area contributed by atoms with Crippen molar-refractivity contribution in [3.8, 4) is 0 Å². The van der Waals surface area contributed by atoms with Crippen LogP contribution in [0.5, 0.6) is 0 Å². The van der Waals surface area contributed by atoms with Crippen LogP contribution in [0.25, 0.3) is 0 Å². The van der Waals surface area contributed by atoms with Crippen LogP contribution in [0.3, 0.4) is 0 Å². The maximum Gasteiger partial charge on any atom is 0.244 e. The molecule has 2 aliphatic heterocycles. The Morgan fingerprint density at radius 3 is 2.88 bits per heavy atom. The van der Waals surface area contributed by atoms with Crippen LogP contribution in [-0.2, 0) is 16.1 Å². The number of nitrogens with zero attached hydrogens (tertiary/aromatic N) is 6. The van der Waals surface area contributed by atoms with Crippen molar-refractivity contribution in [2.45, 2.75) is 52.5 Å².